The van der Waals surface area contributed by atoms with Crippen LogP contribution < -0.4 is 0 Å². The number of rotatable bonds is 3. The number of oxime groups is 1. The zero-order valence-corrected chi connectivity index (χ0v) is 16.2. The Kier molecular flexibility index (Phi) is 4.53. The van der Waals surface area contributed by atoms with Gasteiger partial charge in [-0.15, -0.1) is 5.16 Å². The van der Waals surface area contributed by atoms with Crippen LogP contribution in [-0.4, -0.2) is 28.4 Å². The smallest absolute Gasteiger partial charge is 0.141 e. The summed E-state index contributed by atoms with van der Waals surface area (Å²) in [6, 6.07) is 0. The lowest BCUT2D eigenvalue weighted by molar-refractivity contribution is -0.128. The first-order valence-corrected chi connectivity index (χ1v) is 10.5. The molecule has 0 amide bonds. The zero-order valence-electron chi connectivity index (χ0n) is 16.2. The van der Waals surface area contributed by atoms with E-state index in [9.17, 15) is 9.90 Å². The van der Waals surface area contributed by atoms with Crippen LogP contribution in [0.3, 0.4) is 0 Å². The summed E-state index contributed by atoms with van der Waals surface area (Å²) >= 11 is 0. The fourth-order valence-corrected chi connectivity index (χ4v) is 7.44. The highest BCUT2D eigenvalue weighted by Gasteiger charge is 2.59. The van der Waals surface area contributed by atoms with E-state index in [1.54, 1.807) is 0 Å². The van der Waals surface area contributed by atoms with Crippen molar-refractivity contribution in [2.45, 2.75) is 77.7 Å². The van der Waals surface area contributed by atoms with Gasteiger partial charge in [-0.2, -0.15) is 0 Å². The number of hydrogen-bond acceptors (Lipinski definition) is 4. The van der Waals surface area contributed by atoms with Crippen molar-refractivity contribution in [1.82, 2.24) is 0 Å². The third kappa shape index (κ3) is 2.59. The molecule has 0 aromatic carbocycles. The van der Waals surface area contributed by atoms with Gasteiger partial charge in [0.25, 0.3) is 0 Å². The highest BCUT2D eigenvalue weighted by atomic mass is 16.4. The number of ketones is 1. The maximum absolute atomic E-state index is 12.7. The fraction of sp³-hybridized carbons (Fsp3) is 0.818. The van der Waals surface area contributed by atoms with Crippen LogP contribution in [0.2, 0.25) is 0 Å². The number of carbonyl (C=O) groups excluding carboxylic acids is 1. The normalized spacial score (nSPS) is 47.8. The molecule has 0 saturated heterocycles. The van der Waals surface area contributed by atoms with Crippen molar-refractivity contribution < 1.29 is 15.1 Å². The summed E-state index contributed by atoms with van der Waals surface area (Å²) in [5, 5.41) is 21.8. The average Bonchev–Trinajstić information content (AvgIpc) is 2.97. The van der Waals surface area contributed by atoms with Crippen LogP contribution in [0.4, 0.5) is 0 Å². The molecule has 144 valence electrons. The SMILES string of the molecule is CC12CCC(O)CC1=CCC1C2CCC2(C)C(C(=O)C/C=N/O)CCC12. The first kappa shape index (κ1) is 18.2. The van der Waals surface area contributed by atoms with Gasteiger partial charge in [0.15, 0.2) is 0 Å². The Morgan fingerprint density at radius 2 is 2.04 bits per heavy atom. The molecule has 3 saturated carbocycles. The van der Waals surface area contributed by atoms with Crippen molar-refractivity contribution in [2.24, 2.45) is 39.7 Å². The summed E-state index contributed by atoms with van der Waals surface area (Å²) in [6.45, 7) is 4.80. The van der Waals surface area contributed by atoms with Gasteiger partial charge in [-0.05, 0) is 80.0 Å². The summed E-state index contributed by atoms with van der Waals surface area (Å²) in [4.78, 5) is 12.7. The summed E-state index contributed by atoms with van der Waals surface area (Å²) in [5.41, 5.74) is 1.87. The molecule has 0 aliphatic heterocycles. The molecule has 4 aliphatic rings. The van der Waals surface area contributed by atoms with E-state index in [1.807, 2.05) is 0 Å². The predicted octanol–water partition coefficient (Wildman–Crippen LogP) is 4.35. The van der Waals surface area contributed by atoms with E-state index >= 15 is 0 Å². The monoisotopic (exact) mass is 359 g/mol. The van der Waals surface area contributed by atoms with Gasteiger partial charge >= 0.3 is 0 Å². The summed E-state index contributed by atoms with van der Waals surface area (Å²) < 4.78 is 0. The van der Waals surface area contributed by atoms with Crippen LogP contribution >= 0.6 is 0 Å². The first-order valence-electron chi connectivity index (χ1n) is 10.5. The second-order valence-corrected chi connectivity index (χ2v) is 9.80. The number of aliphatic hydroxyl groups excluding tert-OH is 1. The molecular weight excluding hydrogens is 326 g/mol. The minimum Gasteiger partial charge on any atom is -0.411 e. The second-order valence-electron chi connectivity index (χ2n) is 9.80. The molecule has 4 heteroatoms. The molecule has 4 rings (SSSR count). The van der Waals surface area contributed by atoms with Crippen LogP contribution in [0.15, 0.2) is 16.8 Å². The Balaban J connectivity index is 1.59. The Bertz CT molecular complexity index is 641. The molecule has 2 N–H and O–H groups in total. The number of fused-ring (bicyclic) bond motifs is 5. The van der Waals surface area contributed by atoms with E-state index < -0.39 is 0 Å². The number of nitrogens with zero attached hydrogens (tertiary/aromatic N) is 1. The van der Waals surface area contributed by atoms with Crippen LogP contribution in [0, 0.1) is 34.5 Å². The van der Waals surface area contributed by atoms with Gasteiger partial charge in [-0.3, -0.25) is 4.79 Å². The Hall–Kier alpha value is -1.16. The average molecular weight is 360 g/mol. The predicted molar refractivity (Wildman–Crippen MR) is 101 cm³/mol. The van der Waals surface area contributed by atoms with Crippen molar-refractivity contribution in [1.29, 1.82) is 0 Å². The van der Waals surface area contributed by atoms with Gasteiger partial charge in [0, 0.05) is 12.3 Å². The summed E-state index contributed by atoms with van der Waals surface area (Å²) in [6.07, 6.45) is 12.4. The standard InChI is InChI=1S/C22H33NO3/c1-21-10-7-15(24)13-14(21)3-4-16-17-5-6-19(20(25)9-12-23-26)22(17,2)11-8-18(16)21/h3,12,15-19,24,26H,4-11,13H2,1-2H3/b23-12+. The number of hydrogen-bond donors (Lipinski definition) is 2. The Labute approximate surface area is 156 Å². The Morgan fingerprint density at radius 1 is 1.23 bits per heavy atom. The molecule has 4 aliphatic carbocycles. The van der Waals surface area contributed by atoms with Gasteiger partial charge in [-0.1, -0.05) is 25.5 Å². The molecular formula is C22H33NO3. The third-order valence-electron chi connectivity index (χ3n) is 8.84. The minimum absolute atomic E-state index is 0.109. The highest BCUT2D eigenvalue weighted by molar-refractivity contribution is 5.93. The maximum atomic E-state index is 12.7. The molecule has 0 aromatic heterocycles. The summed E-state index contributed by atoms with van der Waals surface area (Å²) in [5.74, 6) is 2.40. The lowest BCUT2D eigenvalue weighted by Crippen LogP contribution is -2.51. The molecule has 4 nitrogen and oxygen atoms in total. The van der Waals surface area contributed by atoms with Crippen molar-refractivity contribution in [2.75, 3.05) is 0 Å². The lowest BCUT2D eigenvalue weighted by atomic mass is 9.47. The molecule has 0 spiro atoms. The van der Waals surface area contributed by atoms with Crippen molar-refractivity contribution in [3.05, 3.63) is 11.6 Å². The van der Waals surface area contributed by atoms with Crippen LogP contribution in [0.1, 0.15) is 71.6 Å². The minimum atomic E-state index is -0.151. The number of aliphatic hydroxyl groups is 1. The topological polar surface area (TPSA) is 69.9 Å². The van der Waals surface area contributed by atoms with Crippen molar-refractivity contribution in [3.63, 3.8) is 0 Å². The summed E-state index contributed by atoms with van der Waals surface area (Å²) in [7, 11) is 0. The molecule has 0 heterocycles. The molecule has 0 bridgehead atoms. The second kappa shape index (κ2) is 6.47. The van der Waals surface area contributed by atoms with Crippen LogP contribution in [0.5, 0.6) is 0 Å². The van der Waals surface area contributed by atoms with E-state index in [1.165, 1.54) is 18.2 Å². The van der Waals surface area contributed by atoms with E-state index in [0.29, 0.717) is 17.8 Å². The first-order chi connectivity index (χ1) is 12.4. The number of Topliss-reactive ketones (excluding diaryl/α,β-unsaturated/α-hetero) is 1. The highest BCUT2D eigenvalue weighted by Crippen LogP contribution is 2.66. The van der Waals surface area contributed by atoms with Gasteiger partial charge in [0.2, 0.25) is 0 Å². The van der Waals surface area contributed by atoms with Crippen molar-refractivity contribution in [3.8, 4) is 0 Å². The quantitative estimate of drug-likeness (QED) is 0.341. The molecule has 0 radical (unpaired) electrons. The largest absolute Gasteiger partial charge is 0.411 e. The lowest BCUT2D eigenvalue weighted by Gasteiger charge is -2.57. The molecule has 0 aromatic rings. The third-order valence-corrected chi connectivity index (χ3v) is 8.84. The number of carbonyl (C=O) groups is 1. The molecule has 26 heavy (non-hydrogen) atoms. The van der Waals surface area contributed by atoms with E-state index in [-0.39, 0.29) is 35.1 Å². The van der Waals surface area contributed by atoms with Gasteiger partial charge in [0.1, 0.15) is 5.78 Å². The molecule has 7 unspecified atom stereocenters. The molecule has 3 fully saturated rings. The van der Waals surface area contributed by atoms with Crippen LogP contribution in [0.25, 0.3) is 0 Å². The van der Waals surface area contributed by atoms with Gasteiger partial charge in [-0.25, -0.2) is 0 Å². The van der Waals surface area contributed by atoms with E-state index in [4.69, 9.17) is 5.21 Å². The van der Waals surface area contributed by atoms with Crippen LogP contribution in [-0.2, 0) is 4.79 Å². The van der Waals surface area contributed by atoms with Gasteiger partial charge < -0.3 is 10.3 Å². The fourth-order valence-electron chi connectivity index (χ4n) is 7.44. The molecule has 7 atom stereocenters. The Morgan fingerprint density at radius 3 is 2.81 bits per heavy atom. The van der Waals surface area contributed by atoms with E-state index in [2.05, 4.69) is 25.1 Å². The maximum Gasteiger partial charge on any atom is 0.141 e. The van der Waals surface area contributed by atoms with E-state index in [0.717, 1.165) is 44.9 Å². The zero-order chi connectivity index (χ0) is 18.5. The number of allylic oxidation sites excluding steroid dienone is 1. The van der Waals surface area contributed by atoms with Gasteiger partial charge in [0.05, 0.1) is 12.3 Å². The van der Waals surface area contributed by atoms with Crippen molar-refractivity contribution >= 4 is 12.0 Å².